The third-order valence-electron chi connectivity index (χ3n) is 2.36. The Morgan fingerprint density at radius 3 is 2.25 bits per heavy atom. The Morgan fingerprint density at radius 2 is 1.92 bits per heavy atom. The van der Waals surface area contributed by atoms with Crippen LogP contribution < -0.4 is 5.32 Å². The lowest BCUT2D eigenvalue weighted by atomic mass is 10.0. The summed E-state index contributed by atoms with van der Waals surface area (Å²) in [5, 5.41) is 3.39. The second-order valence-corrected chi connectivity index (χ2v) is 4.42. The molecule has 0 aliphatic carbocycles. The van der Waals surface area contributed by atoms with E-state index in [4.69, 9.17) is 0 Å². The van der Waals surface area contributed by atoms with Gasteiger partial charge in [-0.1, -0.05) is 0 Å². The molecule has 1 aliphatic heterocycles. The molecule has 0 bridgehead atoms. The van der Waals surface area contributed by atoms with Crippen LogP contribution >= 0.6 is 12.4 Å². The van der Waals surface area contributed by atoms with E-state index < -0.39 is 0 Å². The third kappa shape index (κ3) is 2.92. The average molecular weight is 193 g/mol. The molecule has 0 radical (unpaired) electrons. The van der Waals surface area contributed by atoms with Gasteiger partial charge in [0.05, 0.1) is 0 Å². The summed E-state index contributed by atoms with van der Waals surface area (Å²) < 4.78 is 0. The molecular weight excluding hydrogens is 172 g/mol. The van der Waals surface area contributed by atoms with Crippen molar-refractivity contribution in [3.05, 3.63) is 0 Å². The van der Waals surface area contributed by atoms with E-state index in [-0.39, 0.29) is 12.4 Å². The molecule has 0 aromatic rings. The average Bonchev–Trinajstić information content (AvgIpc) is 1.86. The van der Waals surface area contributed by atoms with Crippen molar-refractivity contribution < 1.29 is 0 Å². The minimum atomic E-state index is 0. The maximum absolute atomic E-state index is 3.39. The first kappa shape index (κ1) is 12.2. The smallest absolute Gasteiger partial charge is 0.0198 e. The second-order valence-electron chi connectivity index (χ2n) is 4.42. The quantitative estimate of drug-likeness (QED) is 0.626. The minimum absolute atomic E-state index is 0. The maximum Gasteiger partial charge on any atom is 0.0198 e. The SMILES string of the molecule is C[C@@H]1CNCCN1C(C)(C)C.Cl. The summed E-state index contributed by atoms with van der Waals surface area (Å²) in [7, 11) is 0. The predicted molar refractivity (Wildman–Crippen MR) is 56.0 cm³/mol. The lowest BCUT2D eigenvalue weighted by Gasteiger charge is -2.43. The maximum atomic E-state index is 3.39. The molecule has 0 spiro atoms. The van der Waals surface area contributed by atoms with Crippen LogP contribution in [0.2, 0.25) is 0 Å². The zero-order valence-corrected chi connectivity index (χ0v) is 9.37. The van der Waals surface area contributed by atoms with E-state index in [1.807, 2.05) is 0 Å². The van der Waals surface area contributed by atoms with Crippen LogP contribution in [0.5, 0.6) is 0 Å². The first-order valence-electron chi connectivity index (χ1n) is 4.49. The molecule has 74 valence electrons. The van der Waals surface area contributed by atoms with Gasteiger partial charge < -0.3 is 5.32 Å². The van der Waals surface area contributed by atoms with E-state index in [9.17, 15) is 0 Å². The molecule has 1 fully saturated rings. The summed E-state index contributed by atoms with van der Waals surface area (Å²) in [5.74, 6) is 0. The van der Waals surface area contributed by atoms with E-state index in [1.165, 1.54) is 6.54 Å². The van der Waals surface area contributed by atoms with Gasteiger partial charge in [0.2, 0.25) is 0 Å². The third-order valence-corrected chi connectivity index (χ3v) is 2.36. The monoisotopic (exact) mass is 192 g/mol. The Labute approximate surface area is 82.1 Å². The van der Waals surface area contributed by atoms with Crippen LogP contribution in [0.4, 0.5) is 0 Å². The Bertz CT molecular complexity index is 131. The van der Waals surface area contributed by atoms with Gasteiger partial charge in [-0.05, 0) is 27.7 Å². The van der Waals surface area contributed by atoms with Gasteiger partial charge in [0.25, 0.3) is 0 Å². The molecule has 0 amide bonds. The van der Waals surface area contributed by atoms with Crippen LogP contribution in [0.15, 0.2) is 0 Å². The molecule has 1 atom stereocenters. The second kappa shape index (κ2) is 4.45. The first-order valence-corrected chi connectivity index (χ1v) is 4.49. The number of rotatable bonds is 0. The fraction of sp³-hybridized carbons (Fsp3) is 1.00. The summed E-state index contributed by atoms with van der Waals surface area (Å²) in [6.45, 7) is 12.6. The molecule has 0 unspecified atom stereocenters. The molecule has 2 nitrogen and oxygen atoms in total. The highest BCUT2D eigenvalue weighted by atomic mass is 35.5. The van der Waals surface area contributed by atoms with E-state index in [1.54, 1.807) is 0 Å². The van der Waals surface area contributed by atoms with E-state index in [2.05, 4.69) is 37.9 Å². The van der Waals surface area contributed by atoms with Gasteiger partial charge in [0, 0.05) is 31.2 Å². The molecular formula is C9H21ClN2. The van der Waals surface area contributed by atoms with Crippen LogP contribution in [0, 0.1) is 0 Å². The minimum Gasteiger partial charge on any atom is -0.314 e. The van der Waals surface area contributed by atoms with Gasteiger partial charge in [-0.3, -0.25) is 4.90 Å². The van der Waals surface area contributed by atoms with Crippen molar-refractivity contribution in [2.24, 2.45) is 0 Å². The van der Waals surface area contributed by atoms with Gasteiger partial charge in [0.15, 0.2) is 0 Å². The van der Waals surface area contributed by atoms with Crippen LogP contribution in [-0.4, -0.2) is 36.1 Å². The normalized spacial score (nSPS) is 26.5. The number of nitrogens with zero attached hydrogens (tertiary/aromatic N) is 1. The fourth-order valence-corrected chi connectivity index (χ4v) is 1.84. The summed E-state index contributed by atoms with van der Waals surface area (Å²) >= 11 is 0. The summed E-state index contributed by atoms with van der Waals surface area (Å²) in [5.41, 5.74) is 0.335. The molecule has 1 heterocycles. The summed E-state index contributed by atoms with van der Waals surface area (Å²) in [6, 6.07) is 0.684. The Hall–Kier alpha value is 0.210. The predicted octanol–water partition coefficient (Wildman–Crippen LogP) is 1.50. The van der Waals surface area contributed by atoms with E-state index >= 15 is 0 Å². The molecule has 1 N–H and O–H groups in total. The Balaban J connectivity index is 0.00000121. The van der Waals surface area contributed by atoms with Crippen molar-refractivity contribution in [2.75, 3.05) is 19.6 Å². The van der Waals surface area contributed by atoms with Crippen LogP contribution in [0.3, 0.4) is 0 Å². The van der Waals surface area contributed by atoms with Gasteiger partial charge in [-0.2, -0.15) is 0 Å². The van der Waals surface area contributed by atoms with Gasteiger partial charge in [0.1, 0.15) is 0 Å². The lowest BCUT2D eigenvalue weighted by molar-refractivity contribution is 0.0704. The number of hydrogen-bond donors (Lipinski definition) is 1. The molecule has 0 aromatic carbocycles. The molecule has 0 saturated carbocycles. The van der Waals surface area contributed by atoms with Crippen molar-refractivity contribution >= 4 is 12.4 Å². The Morgan fingerprint density at radius 1 is 1.33 bits per heavy atom. The number of nitrogens with one attached hydrogen (secondary N) is 1. The van der Waals surface area contributed by atoms with E-state index in [0.717, 1.165) is 13.1 Å². The van der Waals surface area contributed by atoms with Crippen molar-refractivity contribution in [1.29, 1.82) is 0 Å². The van der Waals surface area contributed by atoms with Crippen LogP contribution in [0.25, 0.3) is 0 Å². The lowest BCUT2D eigenvalue weighted by Crippen LogP contribution is -2.56. The highest BCUT2D eigenvalue weighted by molar-refractivity contribution is 5.85. The van der Waals surface area contributed by atoms with Gasteiger partial charge in [-0.25, -0.2) is 0 Å². The van der Waals surface area contributed by atoms with Crippen molar-refractivity contribution in [3.63, 3.8) is 0 Å². The Kier molecular flexibility index (Phi) is 4.53. The van der Waals surface area contributed by atoms with Crippen molar-refractivity contribution in [2.45, 2.75) is 39.3 Å². The van der Waals surface area contributed by atoms with Crippen LogP contribution in [0.1, 0.15) is 27.7 Å². The highest BCUT2D eigenvalue weighted by Crippen LogP contribution is 2.17. The van der Waals surface area contributed by atoms with Gasteiger partial charge >= 0.3 is 0 Å². The van der Waals surface area contributed by atoms with E-state index in [0.29, 0.717) is 11.6 Å². The van der Waals surface area contributed by atoms with Crippen molar-refractivity contribution in [3.8, 4) is 0 Å². The topological polar surface area (TPSA) is 15.3 Å². The number of halogens is 1. The highest BCUT2D eigenvalue weighted by Gasteiger charge is 2.27. The standard InChI is InChI=1S/C9H20N2.ClH/c1-8-7-10-5-6-11(8)9(2,3)4;/h8,10H,5-7H2,1-4H3;1H/t8-;/m1./s1. The molecule has 1 aliphatic rings. The molecule has 1 saturated heterocycles. The number of piperazine rings is 1. The fourth-order valence-electron chi connectivity index (χ4n) is 1.84. The van der Waals surface area contributed by atoms with Gasteiger partial charge in [-0.15, -0.1) is 12.4 Å². The van der Waals surface area contributed by atoms with Crippen molar-refractivity contribution in [1.82, 2.24) is 10.2 Å². The zero-order valence-electron chi connectivity index (χ0n) is 8.55. The molecule has 12 heavy (non-hydrogen) atoms. The van der Waals surface area contributed by atoms with Crippen LogP contribution in [-0.2, 0) is 0 Å². The molecule has 0 aromatic heterocycles. The first-order chi connectivity index (χ1) is 5.02. The zero-order chi connectivity index (χ0) is 8.48. The molecule has 1 rings (SSSR count). The summed E-state index contributed by atoms with van der Waals surface area (Å²) in [6.07, 6.45) is 0. The largest absolute Gasteiger partial charge is 0.314 e. The number of hydrogen-bond acceptors (Lipinski definition) is 2. The summed E-state index contributed by atoms with van der Waals surface area (Å²) in [4.78, 5) is 2.56. The molecule has 3 heteroatoms.